The molecule has 0 heterocycles. The predicted molar refractivity (Wildman–Crippen MR) is 25.7 cm³/mol. The van der Waals surface area contributed by atoms with Gasteiger partial charge in [0.05, 0.1) is 0 Å². The van der Waals surface area contributed by atoms with E-state index in [4.69, 9.17) is 5.50 Å². The van der Waals surface area contributed by atoms with Gasteiger partial charge in [0.1, 0.15) is 0 Å². The highest BCUT2D eigenvalue weighted by Gasteiger charge is 1.31. The second kappa shape index (κ2) is 9.36. The SMILES string of the molecule is CPN.Cl. The molecule has 1 atom stereocenters. The Balaban J connectivity index is 0. The molecule has 4 heavy (non-hydrogen) atoms. The summed E-state index contributed by atoms with van der Waals surface area (Å²) in [4.78, 5) is 0. The maximum absolute atomic E-state index is 4.88. The summed E-state index contributed by atoms with van der Waals surface area (Å²) in [6, 6.07) is 0. The van der Waals surface area contributed by atoms with Crippen LogP contribution in [0.25, 0.3) is 0 Å². The van der Waals surface area contributed by atoms with Crippen LogP contribution in [0.2, 0.25) is 0 Å². The summed E-state index contributed by atoms with van der Waals surface area (Å²) in [6.45, 7) is 1.93. The quantitative estimate of drug-likeness (QED) is 0.442. The fraction of sp³-hybridized carbons (Fsp3) is 1.00. The van der Waals surface area contributed by atoms with Gasteiger partial charge in [0.2, 0.25) is 0 Å². The number of rotatable bonds is 0. The molecule has 0 spiro atoms. The zero-order valence-corrected chi connectivity index (χ0v) is 4.30. The van der Waals surface area contributed by atoms with Gasteiger partial charge in [0, 0.05) is 0 Å². The molecule has 0 saturated carbocycles. The molecule has 0 aromatic heterocycles. The van der Waals surface area contributed by atoms with E-state index in [2.05, 4.69) is 0 Å². The Morgan fingerprint density at radius 2 is 1.75 bits per heavy atom. The van der Waals surface area contributed by atoms with Gasteiger partial charge in [0.15, 0.2) is 0 Å². The molecule has 1 nitrogen and oxygen atoms in total. The minimum Gasteiger partial charge on any atom is -0.312 e. The van der Waals surface area contributed by atoms with Crippen molar-refractivity contribution in [2.45, 2.75) is 0 Å². The summed E-state index contributed by atoms with van der Waals surface area (Å²) >= 11 is 0. The van der Waals surface area contributed by atoms with Gasteiger partial charge in [0.25, 0.3) is 0 Å². The van der Waals surface area contributed by atoms with Crippen molar-refractivity contribution in [2.75, 3.05) is 6.66 Å². The van der Waals surface area contributed by atoms with E-state index in [0.29, 0.717) is 8.73 Å². The topological polar surface area (TPSA) is 26.0 Å². The van der Waals surface area contributed by atoms with Crippen LogP contribution in [0.4, 0.5) is 0 Å². The van der Waals surface area contributed by atoms with E-state index >= 15 is 0 Å². The summed E-state index contributed by atoms with van der Waals surface area (Å²) in [5.74, 6) is 0. The number of nitrogens with two attached hydrogens (primary N) is 1. The van der Waals surface area contributed by atoms with Crippen LogP contribution < -0.4 is 5.50 Å². The first-order chi connectivity index (χ1) is 1.41. The predicted octanol–water partition coefficient (Wildman–Crippen LogP) is 0.590. The van der Waals surface area contributed by atoms with Crippen LogP contribution in [-0.4, -0.2) is 6.66 Å². The van der Waals surface area contributed by atoms with E-state index in [1.165, 1.54) is 0 Å². The first-order valence-corrected chi connectivity index (χ1v) is 2.37. The van der Waals surface area contributed by atoms with E-state index in [1.807, 2.05) is 6.66 Å². The smallest absolute Gasteiger partial charge is 0.0343 e. The highest BCUT2D eigenvalue weighted by atomic mass is 35.5. The van der Waals surface area contributed by atoms with Crippen LogP contribution in [0.3, 0.4) is 0 Å². The Morgan fingerprint density at radius 1 is 1.75 bits per heavy atom. The van der Waals surface area contributed by atoms with Crippen molar-refractivity contribution in [3.05, 3.63) is 0 Å². The number of hydrogen-bond donors (Lipinski definition) is 1. The second-order valence-electron chi connectivity index (χ2n) is 0.289. The highest BCUT2D eigenvalue weighted by molar-refractivity contribution is 7.34. The van der Waals surface area contributed by atoms with E-state index in [9.17, 15) is 0 Å². The molecule has 1 unspecified atom stereocenters. The van der Waals surface area contributed by atoms with Crippen molar-refractivity contribution in [3.8, 4) is 0 Å². The molecule has 0 aliphatic rings. The minimum absolute atomic E-state index is 0. The van der Waals surface area contributed by atoms with Crippen LogP contribution in [-0.2, 0) is 0 Å². The van der Waals surface area contributed by atoms with Crippen LogP contribution >= 0.6 is 21.1 Å². The summed E-state index contributed by atoms with van der Waals surface area (Å²) in [6.07, 6.45) is 0. The number of halogens is 1. The largest absolute Gasteiger partial charge is 0.312 e. The van der Waals surface area contributed by atoms with Crippen LogP contribution in [0.5, 0.6) is 0 Å². The summed E-state index contributed by atoms with van der Waals surface area (Å²) in [5.41, 5.74) is 4.88. The molecule has 0 fully saturated rings. The highest BCUT2D eigenvalue weighted by Crippen LogP contribution is 1.74. The van der Waals surface area contributed by atoms with Crippen molar-refractivity contribution >= 4 is 21.1 Å². The molecule has 0 radical (unpaired) electrons. The van der Waals surface area contributed by atoms with E-state index < -0.39 is 0 Å². The maximum Gasteiger partial charge on any atom is -0.0343 e. The third-order valence-corrected chi connectivity index (χ3v) is 0. The van der Waals surface area contributed by atoms with Crippen molar-refractivity contribution < 1.29 is 0 Å². The van der Waals surface area contributed by atoms with Gasteiger partial charge in [-0.3, -0.25) is 0 Å². The second-order valence-corrected chi connectivity index (χ2v) is 0.866. The number of hydrogen-bond acceptors (Lipinski definition) is 1. The van der Waals surface area contributed by atoms with E-state index in [-0.39, 0.29) is 12.4 Å². The van der Waals surface area contributed by atoms with Crippen LogP contribution in [0, 0.1) is 0 Å². The van der Waals surface area contributed by atoms with Gasteiger partial charge < -0.3 is 5.50 Å². The third kappa shape index (κ3) is 16.4. The lowest BCUT2D eigenvalue weighted by Crippen LogP contribution is -1.59. The first-order valence-electron chi connectivity index (χ1n) is 0.789. The van der Waals surface area contributed by atoms with Gasteiger partial charge >= 0.3 is 0 Å². The monoisotopic (exact) mass is 99.0 g/mol. The Bertz CT molecular complexity index is 8.00. The summed E-state index contributed by atoms with van der Waals surface area (Å²) in [7, 11) is 0.583. The zero-order valence-electron chi connectivity index (χ0n) is 2.49. The van der Waals surface area contributed by atoms with Gasteiger partial charge in [-0.1, -0.05) is 8.73 Å². The van der Waals surface area contributed by atoms with Crippen LogP contribution in [0.15, 0.2) is 0 Å². The standard InChI is InChI=1S/CH6NP.ClH/c1-3-2;/h3H,2H2,1H3;1H. The lowest BCUT2D eigenvalue weighted by Gasteiger charge is -1.54. The Labute approximate surface area is 34.2 Å². The molecule has 0 aliphatic carbocycles. The van der Waals surface area contributed by atoms with Gasteiger partial charge in [-0.2, -0.15) is 0 Å². The Kier molecular flexibility index (Phi) is 20.7. The molecule has 3 heteroatoms. The van der Waals surface area contributed by atoms with E-state index in [1.54, 1.807) is 0 Å². The summed E-state index contributed by atoms with van der Waals surface area (Å²) < 4.78 is 0. The molecular weight excluding hydrogens is 92.4 g/mol. The maximum atomic E-state index is 4.88. The average molecular weight is 99.5 g/mol. The minimum atomic E-state index is 0. The molecule has 0 bridgehead atoms. The molecular formula is CH7ClNP. The van der Waals surface area contributed by atoms with Gasteiger partial charge in [-0.25, -0.2) is 0 Å². The molecule has 0 aromatic carbocycles. The van der Waals surface area contributed by atoms with Crippen molar-refractivity contribution in [1.29, 1.82) is 0 Å². The van der Waals surface area contributed by atoms with E-state index in [0.717, 1.165) is 0 Å². The molecule has 0 amide bonds. The Morgan fingerprint density at radius 3 is 1.75 bits per heavy atom. The third-order valence-electron chi connectivity index (χ3n) is 0. The first kappa shape index (κ1) is 8.82. The lowest BCUT2D eigenvalue weighted by molar-refractivity contribution is 1.99. The molecule has 28 valence electrons. The molecule has 0 aliphatic heterocycles. The van der Waals surface area contributed by atoms with Gasteiger partial charge in [-0.15, -0.1) is 12.4 Å². The summed E-state index contributed by atoms with van der Waals surface area (Å²) in [5, 5.41) is 0. The Hall–Kier alpha value is 0.680. The van der Waals surface area contributed by atoms with Crippen molar-refractivity contribution in [1.82, 2.24) is 0 Å². The average Bonchev–Trinajstić information content (AvgIpc) is 0.918. The van der Waals surface area contributed by atoms with Crippen molar-refractivity contribution in [2.24, 2.45) is 5.50 Å². The molecule has 0 rings (SSSR count). The fourth-order valence-electron chi connectivity index (χ4n) is 0. The molecule has 0 aromatic rings. The van der Waals surface area contributed by atoms with Crippen molar-refractivity contribution in [3.63, 3.8) is 0 Å². The van der Waals surface area contributed by atoms with Gasteiger partial charge in [-0.05, 0) is 6.66 Å². The fourth-order valence-corrected chi connectivity index (χ4v) is 0. The normalized spacial score (nSPS) is 7.50. The lowest BCUT2D eigenvalue weighted by atomic mass is 12.0. The molecule has 0 saturated heterocycles. The van der Waals surface area contributed by atoms with Crippen LogP contribution in [0.1, 0.15) is 0 Å². The zero-order chi connectivity index (χ0) is 2.71. The molecule has 2 N–H and O–H groups in total.